The van der Waals surface area contributed by atoms with Crippen molar-refractivity contribution in [2.45, 2.75) is 13.5 Å². The zero-order valence-electron chi connectivity index (χ0n) is 8.92. The molecule has 0 aliphatic heterocycles. The van der Waals surface area contributed by atoms with Crippen molar-refractivity contribution >= 4 is 11.8 Å². The van der Waals surface area contributed by atoms with E-state index in [2.05, 4.69) is 10.6 Å². The molecule has 86 valence electrons. The van der Waals surface area contributed by atoms with E-state index in [1.807, 2.05) is 0 Å². The van der Waals surface area contributed by atoms with Gasteiger partial charge in [0.1, 0.15) is 11.6 Å². The van der Waals surface area contributed by atoms with Crippen LogP contribution in [0.3, 0.4) is 0 Å². The van der Waals surface area contributed by atoms with Crippen LogP contribution in [-0.2, 0) is 11.3 Å². The lowest BCUT2D eigenvalue weighted by Gasteiger charge is -2.06. The van der Waals surface area contributed by atoms with Crippen LogP contribution in [0.4, 0.5) is 9.18 Å². The lowest BCUT2D eigenvalue weighted by atomic mass is 10.2. The normalized spacial score (nSPS) is 9.62. The van der Waals surface area contributed by atoms with Crippen molar-refractivity contribution in [1.82, 2.24) is 10.6 Å². The van der Waals surface area contributed by atoms with Crippen LogP contribution in [0.1, 0.15) is 12.5 Å². The second-order valence-corrected chi connectivity index (χ2v) is 3.37. The Morgan fingerprint density at radius 1 is 1.31 bits per heavy atom. The first kappa shape index (κ1) is 12.2. The quantitative estimate of drug-likeness (QED) is 0.807. The van der Waals surface area contributed by atoms with Crippen LogP contribution in [0.25, 0.3) is 0 Å². The standard InChI is InChI=1S/C11H13FN2O2/c1-8(15)6-13-11(16)14-7-9-3-2-4-10(12)5-9/h2-5H,6-7H2,1H3,(H2,13,14,16). The molecule has 0 radical (unpaired) electrons. The Morgan fingerprint density at radius 3 is 2.69 bits per heavy atom. The second-order valence-electron chi connectivity index (χ2n) is 3.37. The average molecular weight is 224 g/mol. The van der Waals surface area contributed by atoms with Gasteiger partial charge in [0, 0.05) is 6.54 Å². The second kappa shape index (κ2) is 5.85. The van der Waals surface area contributed by atoms with E-state index in [4.69, 9.17) is 0 Å². The van der Waals surface area contributed by atoms with E-state index in [1.54, 1.807) is 12.1 Å². The molecule has 2 N–H and O–H groups in total. The van der Waals surface area contributed by atoms with Crippen LogP contribution in [0.5, 0.6) is 0 Å². The fraction of sp³-hybridized carbons (Fsp3) is 0.273. The minimum absolute atomic E-state index is 0.00498. The smallest absolute Gasteiger partial charge is 0.315 e. The Bertz CT molecular complexity index is 393. The van der Waals surface area contributed by atoms with Gasteiger partial charge >= 0.3 is 6.03 Å². The molecule has 0 saturated carbocycles. The van der Waals surface area contributed by atoms with Crippen molar-refractivity contribution in [3.63, 3.8) is 0 Å². The number of nitrogens with one attached hydrogen (secondary N) is 2. The van der Waals surface area contributed by atoms with Crippen LogP contribution in [0, 0.1) is 5.82 Å². The van der Waals surface area contributed by atoms with Gasteiger partial charge in [-0.05, 0) is 24.6 Å². The molecule has 1 aromatic rings. The number of rotatable bonds is 4. The van der Waals surface area contributed by atoms with E-state index in [0.29, 0.717) is 5.56 Å². The summed E-state index contributed by atoms with van der Waals surface area (Å²) < 4.78 is 12.8. The number of carbonyl (C=O) groups excluding carboxylic acids is 2. The molecular formula is C11H13FN2O2. The van der Waals surface area contributed by atoms with E-state index in [0.717, 1.165) is 0 Å². The fourth-order valence-corrected chi connectivity index (χ4v) is 1.10. The largest absolute Gasteiger partial charge is 0.334 e. The molecule has 0 aliphatic rings. The van der Waals surface area contributed by atoms with Crippen molar-refractivity contribution in [2.75, 3.05) is 6.54 Å². The third-order valence-corrected chi connectivity index (χ3v) is 1.84. The predicted octanol–water partition coefficient (Wildman–Crippen LogP) is 1.21. The molecule has 0 aromatic heterocycles. The van der Waals surface area contributed by atoms with E-state index in [1.165, 1.54) is 19.1 Å². The molecule has 0 fully saturated rings. The zero-order valence-corrected chi connectivity index (χ0v) is 8.92. The average Bonchev–Trinajstić information content (AvgIpc) is 2.23. The van der Waals surface area contributed by atoms with Crippen molar-refractivity contribution < 1.29 is 14.0 Å². The van der Waals surface area contributed by atoms with Gasteiger partial charge in [0.2, 0.25) is 0 Å². The maximum absolute atomic E-state index is 12.8. The summed E-state index contributed by atoms with van der Waals surface area (Å²) in [7, 11) is 0. The highest BCUT2D eigenvalue weighted by molar-refractivity contribution is 5.83. The summed E-state index contributed by atoms with van der Waals surface area (Å²) in [5.74, 6) is -0.468. The monoisotopic (exact) mass is 224 g/mol. The van der Waals surface area contributed by atoms with E-state index >= 15 is 0 Å². The van der Waals surface area contributed by atoms with Crippen molar-refractivity contribution in [2.24, 2.45) is 0 Å². The van der Waals surface area contributed by atoms with Crippen LogP contribution in [0.15, 0.2) is 24.3 Å². The van der Waals surface area contributed by atoms with Crippen molar-refractivity contribution in [1.29, 1.82) is 0 Å². The highest BCUT2D eigenvalue weighted by Gasteiger charge is 2.01. The number of hydrogen-bond acceptors (Lipinski definition) is 2. The Balaban J connectivity index is 2.34. The van der Waals surface area contributed by atoms with Crippen LogP contribution >= 0.6 is 0 Å². The topological polar surface area (TPSA) is 58.2 Å². The maximum Gasteiger partial charge on any atom is 0.315 e. The molecule has 16 heavy (non-hydrogen) atoms. The minimum Gasteiger partial charge on any atom is -0.334 e. The SMILES string of the molecule is CC(=O)CNC(=O)NCc1cccc(F)c1. The molecule has 1 aromatic carbocycles. The summed E-state index contributed by atoms with van der Waals surface area (Å²) in [6, 6.07) is 5.50. The fourth-order valence-electron chi connectivity index (χ4n) is 1.10. The number of benzene rings is 1. The first-order valence-electron chi connectivity index (χ1n) is 4.83. The summed E-state index contributed by atoms with van der Waals surface area (Å²) >= 11 is 0. The first-order chi connectivity index (χ1) is 7.58. The molecule has 4 nitrogen and oxygen atoms in total. The zero-order chi connectivity index (χ0) is 12.0. The third-order valence-electron chi connectivity index (χ3n) is 1.84. The molecule has 0 unspecified atom stereocenters. The van der Waals surface area contributed by atoms with Crippen LogP contribution < -0.4 is 10.6 Å². The van der Waals surface area contributed by atoms with Gasteiger partial charge < -0.3 is 10.6 Å². The molecule has 0 saturated heterocycles. The summed E-state index contributed by atoms with van der Waals surface area (Å²) in [5, 5.41) is 4.89. The van der Waals surface area contributed by atoms with Gasteiger partial charge in [-0.3, -0.25) is 4.79 Å². The van der Waals surface area contributed by atoms with Crippen LogP contribution in [0.2, 0.25) is 0 Å². The summed E-state index contributed by atoms with van der Waals surface area (Å²) in [6.07, 6.45) is 0. The van der Waals surface area contributed by atoms with Gasteiger partial charge in [-0.1, -0.05) is 12.1 Å². The molecule has 5 heteroatoms. The van der Waals surface area contributed by atoms with Gasteiger partial charge in [-0.25, -0.2) is 9.18 Å². The Labute approximate surface area is 92.8 Å². The Kier molecular flexibility index (Phi) is 4.44. The lowest BCUT2D eigenvalue weighted by molar-refractivity contribution is -0.116. The van der Waals surface area contributed by atoms with Gasteiger partial charge in [-0.15, -0.1) is 0 Å². The number of amides is 2. The molecule has 0 heterocycles. The summed E-state index contributed by atoms with van der Waals surface area (Å²) in [5.41, 5.74) is 0.665. The van der Waals surface area contributed by atoms with Gasteiger partial charge in [0.05, 0.1) is 6.54 Å². The summed E-state index contributed by atoms with van der Waals surface area (Å²) in [6.45, 7) is 1.60. The molecule has 2 amide bonds. The lowest BCUT2D eigenvalue weighted by Crippen LogP contribution is -2.37. The molecule has 1 rings (SSSR count). The van der Waals surface area contributed by atoms with E-state index < -0.39 is 6.03 Å². The van der Waals surface area contributed by atoms with Crippen molar-refractivity contribution in [3.8, 4) is 0 Å². The van der Waals surface area contributed by atoms with E-state index in [9.17, 15) is 14.0 Å². The molecule has 0 atom stereocenters. The number of ketones is 1. The predicted molar refractivity (Wildman–Crippen MR) is 57.3 cm³/mol. The van der Waals surface area contributed by atoms with Gasteiger partial charge in [0.15, 0.2) is 0 Å². The minimum atomic E-state index is -0.445. The van der Waals surface area contributed by atoms with E-state index in [-0.39, 0.29) is 24.7 Å². The number of urea groups is 1. The van der Waals surface area contributed by atoms with Gasteiger partial charge in [0.25, 0.3) is 0 Å². The molecular weight excluding hydrogens is 211 g/mol. The highest BCUT2D eigenvalue weighted by atomic mass is 19.1. The first-order valence-corrected chi connectivity index (χ1v) is 4.83. The van der Waals surface area contributed by atoms with Crippen LogP contribution in [-0.4, -0.2) is 18.4 Å². The Hall–Kier alpha value is -1.91. The Morgan fingerprint density at radius 2 is 2.06 bits per heavy atom. The van der Waals surface area contributed by atoms with Gasteiger partial charge in [-0.2, -0.15) is 0 Å². The third kappa shape index (κ3) is 4.54. The molecule has 0 spiro atoms. The molecule has 0 bridgehead atoms. The number of Topliss-reactive ketones (excluding diaryl/α,β-unsaturated/α-hetero) is 1. The molecule has 0 aliphatic carbocycles. The number of halogens is 1. The maximum atomic E-state index is 12.8. The van der Waals surface area contributed by atoms with Crippen molar-refractivity contribution in [3.05, 3.63) is 35.6 Å². The number of hydrogen-bond donors (Lipinski definition) is 2. The highest BCUT2D eigenvalue weighted by Crippen LogP contribution is 2.02. The number of carbonyl (C=O) groups is 2. The summed E-state index contributed by atoms with van der Waals surface area (Å²) in [4.78, 5) is 21.7.